The number of fused-ring (bicyclic) bond motifs is 2. The first-order valence-electron chi connectivity index (χ1n) is 9.44. The van der Waals surface area contributed by atoms with Crippen molar-refractivity contribution in [2.24, 2.45) is 11.8 Å². The molecule has 0 N–H and O–H groups in total. The van der Waals surface area contributed by atoms with Crippen molar-refractivity contribution in [3.8, 4) is 5.88 Å². The van der Waals surface area contributed by atoms with E-state index < -0.39 is 0 Å². The molecule has 4 nitrogen and oxygen atoms in total. The number of piperidine rings is 1. The number of benzene rings is 1. The van der Waals surface area contributed by atoms with Crippen molar-refractivity contribution in [2.75, 3.05) is 13.7 Å². The van der Waals surface area contributed by atoms with Gasteiger partial charge in [-0.05, 0) is 48.6 Å². The summed E-state index contributed by atoms with van der Waals surface area (Å²) in [6.07, 6.45) is 6.01. The molecule has 0 unspecified atom stereocenters. The summed E-state index contributed by atoms with van der Waals surface area (Å²) in [5.74, 6) is 1.96. The molecule has 1 aromatic heterocycles. The first-order valence-corrected chi connectivity index (χ1v) is 9.44. The number of nitrogens with zero attached hydrogens (tertiary/aromatic N) is 2. The lowest BCUT2D eigenvalue weighted by atomic mass is 9.72. The summed E-state index contributed by atoms with van der Waals surface area (Å²) in [6.45, 7) is 3.19. The number of carbonyl (C=O) groups excluding carboxylic acids is 1. The predicted octanol–water partition coefficient (Wildman–Crippen LogP) is 4.28. The van der Waals surface area contributed by atoms with Gasteiger partial charge in [-0.3, -0.25) is 4.79 Å². The van der Waals surface area contributed by atoms with Crippen LogP contribution in [0, 0.1) is 11.8 Å². The fourth-order valence-electron chi connectivity index (χ4n) is 4.74. The Bertz CT molecular complexity index is 789. The monoisotopic (exact) mass is 338 g/mol. The zero-order chi connectivity index (χ0) is 17.4. The van der Waals surface area contributed by atoms with Gasteiger partial charge in [0, 0.05) is 18.0 Å². The first-order chi connectivity index (χ1) is 12.2. The third-order valence-electron chi connectivity index (χ3n) is 6.12. The second-order valence-corrected chi connectivity index (χ2v) is 7.52. The number of hydrogen-bond donors (Lipinski definition) is 0. The average Bonchev–Trinajstić information content (AvgIpc) is 2.67. The van der Waals surface area contributed by atoms with Crippen LogP contribution in [0.1, 0.15) is 49.5 Å². The summed E-state index contributed by atoms with van der Waals surface area (Å²) in [5.41, 5.74) is 0.509. The number of rotatable bonds is 2. The molecule has 3 atom stereocenters. The van der Waals surface area contributed by atoms with Crippen LogP contribution in [-0.2, 0) is 0 Å². The topological polar surface area (TPSA) is 42.4 Å². The van der Waals surface area contributed by atoms with Crippen LogP contribution >= 0.6 is 0 Å². The van der Waals surface area contributed by atoms with Crippen LogP contribution in [0.3, 0.4) is 0 Å². The molecule has 1 aliphatic carbocycles. The van der Waals surface area contributed by atoms with Crippen LogP contribution in [0.15, 0.2) is 30.3 Å². The number of likely N-dealkylation sites (tertiary alicyclic amines) is 1. The van der Waals surface area contributed by atoms with Crippen molar-refractivity contribution in [1.29, 1.82) is 0 Å². The maximum Gasteiger partial charge on any atom is 0.272 e. The van der Waals surface area contributed by atoms with Crippen LogP contribution < -0.4 is 4.74 Å². The van der Waals surface area contributed by atoms with Crippen LogP contribution in [-0.4, -0.2) is 35.5 Å². The zero-order valence-corrected chi connectivity index (χ0v) is 15.1. The summed E-state index contributed by atoms with van der Waals surface area (Å²) >= 11 is 0. The summed E-state index contributed by atoms with van der Waals surface area (Å²) in [7, 11) is 1.61. The lowest BCUT2D eigenvalue weighted by molar-refractivity contribution is 0.0213. The van der Waals surface area contributed by atoms with Crippen LogP contribution in [0.5, 0.6) is 5.88 Å². The number of hydrogen-bond acceptors (Lipinski definition) is 3. The van der Waals surface area contributed by atoms with E-state index >= 15 is 0 Å². The molecule has 2 aromatic rings. The lowest BCUT2D eigenvalue weighted by Crippen LogP contribution is -2.52. The Morgan fingerprint density at radius 2 is 2.00 bits per heavy atom. The Hall–Kier alpha value is -2.10. The molecule has 4 rings (SSSR count). The Labute approximate surface area is 149 Å². The molecule has 2 fully saturated rings. The molecule has 0 radical (unpaired) electrons. The average molecular weight is 338 g/mol. The molecule has 2 heterocycles. The lowest BCUT2D eigenvalue weighted by Gasteiger charge is -2.47. The second-order valence-electron chi connectivity index (χ2n) is 7.52. The fraction of sp³-hybridized carbons (Fsp3) is 0.524. The van der Waals surface area contributed by atoms with E-state index in [-0.39, 0.29) is 5.91 Å². The summed E-state index contributed by atoms with van der Waals surface area (Å²) < 4.78 is 5.45. The van der Waals surface area contributed by atoms with E-state index in [4.69, 9.17) is 4.74 Å². The van der Waals surface area contributed by atoms with E-state index in [1.165, 1.54) is 19.3 Å². The van der Waals surface area contributed by atoms with Crippen molar-refractivity contribution in [3.05, 3.63) is 36.0 Å². The van der Waals surface area contributed by atoms with Crippen LogP contribution in [0.25, 0.3) is 10.8 Å². The smallest absolute Gasteiger partial charge is 0.272 e. The predicted molar refractivity (Wildman–Crippen MR) is 98.9 cm³/mol. The van der Waals surface area contributed by atoms with Gasteiger partial charge < -0.3 is 9.64 Å². The van der Waals surface area contributed by atoms with Gasteiger partial charge in [0.25, 0.3) is 5.91 Å². The molecule has 1 saturated carbocycles. The number of carbonyl (C=O) groups is 1. The number of methoxy groups -OCH3 is 1. The van der Waals surface area contributed by atoms with Gasteiger partial charge in [0.1, 0.15) is 5.69 Å². The Kier molecular flexibility index (Phi) is 4.36. The molecular formula is C21H26N2O2. The van der Waals surface area contributed by atoms with Gasteiger partial charge in [-0.15, -0.1) is 0 Å². The van der Waals surface area contributed by atoms with Gasteiger partial charge in [-0.2, -0.15) is 0 Å². The summed E-state index contributed by atoms with van der Waals surface area (Å²) in [5, 5.41) is 1.95. The van der Waals surface area contributed by atoms with Crippen molar-refractivity contribution in [3.63, 3.8) is 0 Å². The largest absolute Gasteiger partial charge is 0.481 e. The molecule has 2 aliphatic rings. The second kappa shape index (κ2) is 6.66. The van der Waals surface area contributed by atoms with E-state index in [0.717, 1.165) is 30.2 Å². The Morgan fingerprint density at radius 3 is 2.84 bits per heavy atom. The first kappa shape index (κ1) is 16.4. The van der Waals surface area contributed by atoms with Gasteiger partial charge in [0.05, 0.1) is 7.11 Å². The summed E-state index contributed by atoms with van der Waals surface area (Å²) in [4.78, 5) is 19.9. The number of aromatic nitrogens is 1. The van der Waals surface area contributed by atoms with Gasteiger partial charge in [-0.25, -0.2) is 4.98 Å². The van der Waals surface area contributed by atoms with Crippen molar-refractivity contribution < 1.29 is 9.53 Å². The molecule has 132 valence electrons. The van der Waals surface area contributed by atoms with E-state index in [0.29, 0.717) is 29.5 Å². The highest BCUT2D eigenvalue weighted by Crippen LogP contribution is 2.39. The highest BCUT2D eigenvalue weighted by atomic mass is 16.5. The third-order valence-corrected chi connectivity index (χ3v) is 6.12. The minimum atomic E-state index is 0.0628. The number of pyridine rings is 1. The molecule has 1 aromatic carbocycles. The molecule has 0 bridgehead atoms. The third kappa shape index (κ3) is 2.88. The molecular weight excluding hydrogens is 312 g/mol. The molecule has 1 aliphatic heterocycles. The van der Waals surface area contributed by atoms with Crippen molar-refractivity contribution in [1.82, 2.24) is 9.88 Å². The van der Waals surface area contributed by atoms with Crippen LogP contribution in [0.2, 0.25) is 0 Å². The van der Waals surface area contributed by atoms with E-state index in [2.05, 4.69) is 16.8 Å². The molecule has 0 spiro atoms. The quantitative estimate of drug-likeness (QED) is 0.820. The normalized spacial score (nSPS) is 26.3. The van der Waals surface area contributed by atoms with E-state index in [9.17, 15) is 4.79 Å². The molecule has 25 heavy (non-hydrogen) atoms. The van der Waals surface area contributed by atoms with Crippen molar-refractivity contribution >= 4 is 16.7 Å². The number of ether oxygens (including phenoxy) is 1. The number of amides is 1. The molecule has 1 amide bonds. The standard InChI is InChI=1S/C21H26N2O2/c1-14-11-12-23(19-10-6-5-8-16(14)19)21(24)18-13-15-7-3-4-9-17(15)20(22-18)25-2/h3-4,7,9,13-14,16,19H,5-6,8,10-12H2,1-2H3/t14-,16+,19+/m0/s1. The van der Waals surface area contributed by atoms with Gasteiger partial charge in [0.2, 0.25) is 5.88 Å². The van der Waals surface area contributed by atoms with E-state index in [1.54, 1.807) is 7.11 Å². The summed E-state index contributed by atoms with van der Waals surface area (Å²) in [6, 6.07) is 10.2. The van der Waals surface area contributed by atoms with Crippen LogP contribution in [0.4, 0.5) is 0 Å². The molecule has 4 heteroatoms. The van der Waals surface area contributed by atoms with Gasteiger partial charge in [-0.1, -0.05) is 38.0 Å². The Morgan fingerprint density at radius 1 is 1.20 bits per heavy atom. The highest BCUT2D eigenvalue weighted by molar-refractivity contribution is 5.98. The van der Waals surface area contributed by atoms with Crippen molar-refractivity contribution in [2.45, 2.75) is 45.1 Å². The van der Waals surface area contributed by atoms with Gasteiger partial charge >= 0.3 is 0 Å². The minimum absolute atomic E-state index is 0.0628. The minimum Gasteiger partial charge on any atom is -0.481 e. The maximum absolute atomic E-state index is 13.3. The molecule has 1 saturated heterocycles. The fourth-order valence-corrected chi connectivity index (χ4v) is 4.74. The maximum atomic E-state index is 13.3. The van der Waals surface area contributed by atoms with Gasteiger partial charge in [0.15, 0.2) is 0 Å². The zero-order valence-electron chi connectivity index (χ0n) is 15.1. The highest BCUT2D eigenvalue weighted by Gasteiger charge is 2.40. The van der Waals surface area contributed by atoms with E-state index in [1.807, 2.05) is 30.3 Å². The Balaban J connectivity index is 1.69. The SMILES string of the molecule is COc1nc(C(=O)N2CC[C@H](C)[C@H]3CCCC[C@H]32)cc2ccccc12.